The molecular formula is C36H30P2Tb. The third-order valence-electron chi connectivity index (χ3n) is 6.09. The van der Waals surface area contributed by atoms with Gasteiger partial charge < -0.3 is 0 Å². The van der Waals surface area contributed by atoms with Gasteiger partial charge in [-0.2, -0.15) is 0 Å². The van der Waals surface area contributed by atoms with Gasteiger partial charge in [0.15, 0.2) is 0 Å². The fourth-order valence-corrected chi connectivity index (χ4v) is 8.97. The second kappa shape index (κ2) is 15.9. The fraction of sp³-hybridized carbons (Fsp3) is 0. The van der Waals surface area contributed by atoms with Crippen molar-refractivity contribution in [3.8, 4) is 0 Å². The zero-order valence-electron chi connectivity index (χ0n) is 21.5. The maximum absolute atomic E-state index is 2.23. The Hall–Kier alpha value is -2.53. The van der Waals surface area contributed by atoms with E-state index in [0.29, 0.717) is 0 Å². The first kappa shape index (κ1) is 29.4. The Morgan fingerprint density at radius 2 is 0.333 bits per heavy atom. The van der Waals surface area contributed by atoms with E-state index in [9.17, 15) is 0 Å². The Morgan fingerprint density at radius 1 is 0.205 bits per heavy atom. The fourth-order valence-electron chi connectivity index (χ4n) is 4.36. The Bertz CT molecular complexity index is 1170. The van der Waals surface area contributed by atoms with Crippen LogP contribution >= 0.6 is 15.8 Å². The van der Waals surface area contributed by atoms with Crippen molar-refractivity contribution in [2.24, 2.45) is 0 Å². The van der Waals surface area contributed by atoms with Crippen molar-refractivity contribution < 1.29 is 38.6 Å². The number of hydrogen-bond acceptors (Lipinski definition) is 0. The van der Waals surface area contributed by atoms with E-state index in [1.165, 1.54) is 31.8 Å². The van der Waals surface area contributed by atoms with Crippen LogP contribution in [0.5, 0.6) is 0 Å². The van der Waals surface area contributed by atoms with E-state index in [0.717, 1.165) is 0 Å². The molecule has 0 heterocycles. The van der Waals surface area contributed by atoms with E-state index in [1.54, 1.807) is 0 Å². The maximum Gasteiger partial charge on any atom is 0 e. The molecule has 0 fully saturated rings. The summed E-state index contributed by atoms with van der Waals surface area (Å²) in [7, 11) is -0.892. The summed E-state index contributed by atoms with van der Waals surface area (Å²) in [6, 6.07) is 64.7. The summed E-state index contributed by atoms with van der Waals surface area (Å²) in [6.45, 7) is 0. The van der Waals surface area contributed by atoms with Crippen molar-refractivity contribution in [1.29, 1.82) is 0 Å². The summed E-state index contributed by atoms with van der Waals surface area (Å²) >= 11 is 0. The van der Waals surface area contributed by atoms with E-state index in [4.69, 9.17) is 0 Å². The van der Waals surface area contributed by atoms with E-state index in [-0.39, 0.29) is 38.6 Å². The Kier molecular flexibility index (Phi) is 12.0. The molecule has 0 amide bonds. The zero-order chi connectivity index (χ0) is 25.8. The van der Waals surface area contributed by atoms with Crippen molar-refractivity contribution >= 4 is 47.7 Å². The zero-order valence-corrected chi connectivity index (χ0v) is 25.5. The van der Waals surface area contributed by atoms with Gasteiger partial charge >= 0.3 is 0 Å². The molecule has 0 bridgehead atoms. The summed E-state index contributed by atoms with van der Waals surface area (Å²) in [5.41, 5.74) is 0. The monoisotopic (exact) mass is 683 g/mol. The molecule has 0 aliphatic rings. The number of benzene rings is 6. The Balaban J connectivity index is 0.000000176. The van der Waals surface area contributed by atoms with Gasteiger partial charge in [0, 0.05) is 38.6 Å². The first-order chi connectivity index (χ1) is 18.9. The van der Waals surface area contributed by atoms with Crippen LogP contribution < -0.4 is 31.8 Å². The predicted octanol–water partition coefficient (Wildman–Crippen LogP) is 6.89. The Morgan fingerprint density at radius 3 is 0.462 bits per heavy atom. The summed E-state index contributed by atoms with van der Waals surface area (Å²) < 4.78 is 0. The van der Waals surface area contributed by atoms with E-state index >= 15 is 0 Å². The van der Waals surface area contributed by atoms with Gasteiger partial charge in [-0.25, -0.2) is 0 Å². The van der Waals surface area contributed by atoms with Crippen molar-refractivity contribution in [1.82, 2.24) is 0 Å². The molecule has 0 N–H and O–H groups in total. The third kappa shape index (κ3) is 8.23. The second-order valence-corrected chi connectivity index (χ2v) is 13.1. The van der Waals surface area contributed by atoms with Gasteiger partial charge in [-0.3, -0.25) is 0 Å². The summed E-state index contributed by atoms with van der Waals surface area (Å²) in [5.74, 6) is 0. The van der Waals surface area contributed by atoms with Crippen LogP contribution in [-0.2, 0) is 0 Å². The van der Waals surface area contributed by atoms with E-state index in [2.05, 4.69) is 182 Å². The van der Waals surface area contributed by atoms with E-state index in [1.807, 2.05) is 0 Å². The SMILES string of the molecule is [Tb].c1ccc(P(c2ccccc2)c2ccccc2)cc1.c1ccc(P(c2ccccc2)c2ccccc2)cc1. The molecular weight excluding hydrogens is 653 g/mol. The van der Waals surface area contributed by atoms with E-state index < -0.39 is 15.8 Å². The van der Waals surface area contributed by atoms with Crippen molar-refractivity contribution in [3.05, 3.63) is 182 Å². The molecule has 0 aliphatic heterocycles. The molecule has 0 nitrogen and oxygen atoms in total. The molecule has 6 aromatic carbocycles. The van der Waals surface area contributed by atoms with Crippen molar-refractivity contribution in [3.63, 3.8) is 0 Å². The molecule has 6 rings (SSSR count). The Labute approximate surface area is 266 Å². The first-order valence-corrected chi connectivity index (χ1v) is 15.5. The smallest absolute Gasteiger partial charge is 0 e. The average Bonchev–Trinajstić information content (AvgIpc) is 3.01. The van der Waals surface area contributed by atoms with Crippen molar-refractivity contribution in [2.75, 3.05) is 0 Å². The van der Waals surface area contributed by atoms with Crippen LogP contribution in [0.3, 0.4) is 0 Å². The predicted molar refractivity (Wildman–Crippen MR) is 170 cm³/mol. The van der Waals surface area contributed by atoms with Crippen LogP contribution in [0.2, 0.25) is 0 Å². The van der Waals surface area contributed by atoms with Gasteiger partial charge in [-0.1, -0.05) is 182 Å². The molecule has 39 heavy (non-hydrogen) atoms. The molecule has 0 aromatic heterocycles. The molecule has 0 atom stereocenters. The van der Waals surface area contributed by atoms with Gasteiger partial charge in [-0.05, 0) is 47.7 Å². The molecule has 6 aromatic rings. The van der Waals surface area contributed by atoms with Crippen molar-refractivity contribution in [2.45, 2.75) is 0 Å². The molecule has 1 radical (unpaired) electrons. The van der Waals surface area contributed by atoms with Crippen LogP contribution in [0.25, 0.3) is 0 Å². The molecule has 0 unspecified atom stereocenters. The van der Waals surface area contributed by atoms with Gasteiger partial charge in [-0.15, -0.1) is 0 Å². The van der Waals surface area contributed by atoms with Crippen LogP contribution in [0.15, 0.2) is 182 Å². The quantitative estimate of drug-likeness (QED) is 0.168. The number of hydrogen-bond donors (Lipinski definition) is 0. The largest absolute Gasteiger partial charge is 0.0622 e. The van der Waals surface area contributed by atoms with Gasteiger partial charge in [0.05, 0.1) is 0 Å². The summed E-state index contributed by atoms with van der Waals surface area (Å²) in [4.78, 5) is 0. The second-order valence-electron chi connectivity index (χ2n) is 8.68. The van der Waals surface area contributed by atoms with Crippen LogP contribution in [-0.4, -0.2) is 0 Å². The third-order valence-corrected chi connectivity index (χ3v) is 11.0. The van der Waals surface area contributed by atoms with Gasteiger partial charge in [0.25, 0.3) is 0 Å². The van der Waals surface area contributed by atoms with Gasteiger partial charge in [0.2, 0.25) is 0 Å². The van der Waals surface area contributed by atoms with Crippen LogP contribution in [0, 0.1) is 38.6 Å². The molecule has 193 valence electrons. The summed E-state index contributed by atoms with van der Waals surface area (Å²) in [6.07, 6.45) is 0. The minimum Gasteiger partial charge on any atom is -0.0622 e. The minimum absolute atomic E-state index is 0. The standard InChI is InChI=1S/2C18H15P.Tb/c2*1-4-10-16(11-5-1)19(17-12-6-2-7-13-17)18-14-8-3-9-15-18;/h2*1-15H;. The topological polar surface area (TPSA) is 0 Å². The maximum atomic E-state index is 2.23. The average molecular weight is 684 g/mol. The van der Waals surface area contributed by atoms with Gasteiger partial charge in [0.1, 0.15) is 0 Å². The minimum atomic E-state index is -0.446. The first-order valence-electron chi connectivity index (χ1n) is 12.8. The molecule has 3 heteroatoms. The molecule has 0 aliphatic carbocycles. The number of rotatable bonds is 6. The summed E-state index contributed by atoms with van der Waals surface area (Å²) in [5, 5.41) is 8.39. The molecule has 0 saturated carbocycles. The normalized spacial score (nSPS) is 10.3. The van der Waals surface area contributed by atoms with Crippen LogP contribution in [0.4, 0.5) is 0 Å². The van der Waals surface area contributed by atoms with Crippen LogP contribution in [0.1, 0.15) is 0 Å². The molecule has 0 saturated heterocycles. The molecule has 0 spiro atoms.